The molecule has 84 valence electrons. The van der Waals surface area contributed by atoms with E-state index in [-0.39, 0.29) is 10.4 Å². The van der Waals surface area contributed by atoms with E-state index < -0.39 is 18.2 Å². The summed E-state index contributed by atoms with van der Waals surface area (Å²) in [5, 5.41) is 29.6. The molecule has 1 rings (SSSR count). The smallest absolute Gasteiger partial charge is 0.336 e. The molecule has 0 saturated heterocycles. The number of aliphatic hydroxyl groups excluding tert-OH is 2. The first-order valence-corrected chi connectivity index (χ1v) is 5.86. The maximum absolute atomic E-state index is 10.8. The summed E-state index contributed by atoms with van der Waals surface area (Å²) in [6.07, 6.45) is -1.80. The van der Waals surface area contributed by atoms with Crippen molar-refractivity contribution in [3.63, 3.8) is 0 Å². The Hall–Kier alpha value is -0.560. The van der Waals surface area contributed by atoms with Gasteiger partial charge in [-0.25, -0.2) is 4.79 Å². The van der Waals surface area contributed by atoms with E-state index in [0.29, 0.717) is 12.2 Å². The molecule has 1 heterocycles. The fraction of sp³-hybridized carbons (Fsp3) is 0.444. The zero-order chi connectivity index (χ0) is 11.4. The van der Waals surface area contributed by atoms with E-state index in [1.165, 1.54) is 6.07 Å². The van der Waals surface area contributed by atoms with Crippen molar-refractivity contribution in [1.29, 1.82) is 0 Å². The summed E-state index contributed by atoms with van der Waals surface area (Å²) < 4.78 is 0. The Labute approximate surface area is 96.6 Å². The average Bonchev–Trinajstić information content (AvgIpc) is 2.65. The first-order chi connectivity index (χ1) is 7.07. The predicted octanol–water partition coefficient (Wildman–Crippen LogP) is 1.16. The SMILES string of the molecule is O=C(O)c1ccsc1C(O)C(O)CCS. The monoisotopic (exact) mass is 248 g/mol. The number of carboxylic acids is 1. The second kappa shape index (κ2) is 5.50. The summed E-state index contributed by atoms with van der Waals surface area (Å²) in [6.45, 7) is 0. The molecule has 0 radical (unpaired) electrons. The number of thiophene rings is 1. The van der Waals surface area contributed by atoms with Gasteiger partial charge in [-0.05, 0) is 23.6 Å². The van der Waals surface area contributed by atoms with Crippen LogP contribution in [0.25, 0.3) is 0 Å². The lowest BCUT2D eigenvalue weighted by Gasteiger charge is -2.16. The van der Waals surface area contributed by atoms with Gasteiger partial charge in [-0.15, -0.1) is 11.3 Å². The molecule has 0 aliphatic heterocycles. The van der Waals surface area contributed by atoms with Crippen molar-refractivity contribution >= 4 is 29.9 Å². The van der Waals surface area contributed by atoms with Crippen LogP contribution in [-0.2, 0) is 0 Å². The molecule has 0 aliphatic rings. The third-order valence-electron chi connectivity index (χ3n) is 1.98. The van der Waals surface area contributed by atoms with E-state index in [4.69, 9.17) is 5.11 Å². The largest absolute Gasteiger partial charge is 0.478 e. The van der Waals surface area contributed by atoms with Crippen LogP contribution in [0, 0.1) is 0 Å². The molecule has 0 saturated carbocycles. The minimum Gasteiger partial charge on any atom is -0.478 e. The van der Waals surface area contributed by atoms with Gasteiger partial charge in [0, 0.05) is 0 Å². The molecule has 0 aliphatic carbocycles. The van der Waals surface area contributed by atoms with Crippen molar-refractivity contribution in [3.05, 3.63) is 21.9 Å². The summed E-state index contributed by atoms with van der Waals surface area (Å²) in [5.41, 5.74) is 0.0470. The number of rotatable bonds is 5. The Balaban J connectivity index is 2.85. The van der Waals surface area contributed by atoms with Crippen LogP contribution in [0.3, 0.4) is 0 Å². The first-order valence-electron chi connectivity index (χ1n) is 4.35. The van der Waals surface area contributed by atoms with Gasteiger partial charge in [0.15, 0.2) is 0 Å². The molecule has 0 spiro atoms. The van der Waals surface area contributed by atoms with Crippen LogP contribution in [-0.4, -0.2) is 33.1 Å². The van der Waals surface area contributed by atoms with Gasteiger partial charge in [-0.3, -0.25) is 0 Å². The number of aromatic carboxylic acids is 1. The van der Waals surface area contributed by atoms with Gasteiger partial charge in [0.2, 0.25) is 0 Å². The van der Waals surface area contributed by atoms with Crippen LogP contribution in [0.5, 0.6) is 0 Å². The number of hydrogen-bond donors (Lipinski definition) is 4. The zero-order valence-corrected chi connectivity index (χ0v) is 9.54. The van der Waals surface area contributed by atoms with E-state index >= 15 is 0 Å². The maximum Gasteiger partial charge on any atom is 0.336 e. The second-order valence-corrected chi connectivity index (χ2v) is 4.42. The lowest BCUT2D eigenvalue weighted by molar-refractivity contribution is 0.0185. The van der Waals surface area contributed by atoms with Crippen molar-refractivity contribution in [2.45, 2.75) is 18.6 Å². The second-order valence-electron chi connectivity index (χ2n) is 3.03. The van der Waals surface area contributed by atoms with E-state index in [1.54, 1.807) is 5.38 Å². The highest BCUT2D eigenvalue weighted by Crippen LogP contribution is 2.28. The Morgan fingerprint density at radius 1 is 1.53 bits per heavy atom. The molecular weight excluding hydrogens is 236 g/mol. The number of carbonyl (C=O) groups is 1. The summed E-state index contributed by atoms with van der Waals surface area (Å²) in [5.74, 6) is -0.658. The molecule has 4 nitrogen and oxygen atoms in total. The topological polar surface area (TPSA) is 77.8 Å². The normalized spacial score (nSPS) is 14.9. The number of carboxylic acid groups (broad SMARTS) is 1. The lowest BCUT2D eigenvalue weighted by Crippen LogP contribution is -2.19. The van der Waals surface area contributed by atoms with Crippen LogP contribution in [0.4, 0.5) is 0 Å². The third kappa shape index (κ3) is 2.94. The van der Waals surface area contributed by atoms with Gasteiger partial charge in [0.1, 0.15) is 6.10 Å². The predicted molar refractivity (Wildman–Crippen MR) is 60.7 cm³/mol. The molecular formula is C9H12O4S2. The molecule has 0 aromatic carbocycles. The quantitative estimate of drug-likeness (QED) is 0.590. The Bertz CT molecular complexity index is 337. The fourth-order valence-electron chi connectivity index (χ4n) is 1.19. The van der Waals surface area contributed by atoms with Crippen LogP contribution >= 0.6 is 24.0 Å². The Morgan fingerprint density at radius 3 is 2.73 bits per heavy atom. The van der Waals surface area contributed by atoms with E-state index in [0.717, 1.165) is 11.3 Å². The minimum absolute atomic E-state index is 0.0470. The van der Waals surface area contributed by atoms with Gasteiger partial charge in [0.25, 0.3) is 0 Å². The summed E-state index contributed by atoms with van der Waals surface area (Å²) >= 11 is 5.06. The number of aliphatic hydroxyl groups is 2. The molecule has 0 bridgehead atoms. The van der Waals surface area contributed by atoms with Crippen molar-refractivity contribution in [1.82, 2.24) is 0 Å². The molecule has 15 heavy (non-hydrogen) atoms. The Morgan fingerprint density at radius 2 is 2.20 bits per heavy atom. The molecule has 2 atom stereocenters. The third-order valence-corrected chi connectivity index (χ3v) is 3.23. The number of hydrogen-bond acceptors (Lipinski definition) is 5. The molecule has 2 unspecified atom stereocenters. The van der Waals surface area contributed by atoms with Crippen LogP contribution < -0.4 is 0 Å². The molecule has 3 N–H and O–H groups in total. The Kier molecular flexibility index (Phi) is 4.59. The molecule has 1 aromatic heterocycles. The highest BCUT2D eigenvalue weighted by atomic mass is 32.1. The van der Waals surface area contributed by atoms with Gasteiger partial charge in [-0.2, -0.15) is 12.6 Å². The first kappa shape index (κ1) is 12.5. The van der Waals surface area contributed by atoms with E-state index in [1.807, 2.05) is 0 Å². The van der Waals surface area contributed by atoms with E-state index in [9.17, 15) is 15.0 Å². The van der Waals surface area contributed by atoms with Crippen molar-refractivity contribution < 1.29 is 20.1 Å². The standard InChI is InChI=1S/C9H12O4S2/c10-6(1-3-14)7(11)8-5(9(12)13)2-4-15-8/h2,4,6-7,10-11,14H,1,3H2,(H,12,13). The maximum atomic E-state index is 10.8. The average molecular weight is 248 g/mol. The van der Waals surface area contributed by atoms with Crippen LogP contribution in [0.2, 0.25) is 0 Å². The highest BCUT2D eigenvalue weighted by Gasteiger charge is 2.24. The molecule has 0 amide bonds. The van der Waals surface area contributed by atoms with Gasteiger partial charge in [-0.1, -0.05) is 0 Å². The summed E-state index contributed by atoms with van der Waals surface area (Å²) in [4.78, 5) is 11.1. The molecule has 1 aromatic rings. The van der Waals surface area contributed by atoms with E-state index in [2.05, 4.69) is 12.6 Å². The van der Waals surface area contributed by atoms with Crippen LogP contribution in [0.1, 0.15) is 27.8 Å². The number of thiol groups is 1. The summed E-state index contributed by atoms with van der Waals surface area (Å²) in [6, 6.07) is 1.42. The van der Waals surface area contributed by atoms with Crippen molar-refractivity contribution in [2.75, 3.05) is 5.75 Å². The van der Waals surface area contributed by atoms with Crippen molar-refractivity contribution in [2.24, 2.45) is 0 Å². The molecule has 6 heteroatoms. The van der Waals surface area contributed by atoms with Gasteiger partial charge >= 0.3 is 5.97 Å². The highest BCUT2D eigenvalue weighted by molar-refractivity contribution is 7.80. The fourth-order valence-corrected chi connectivity index (χ4v) is 2.39. The van der Waals surface area contributed by atoms with Crippen LogP contribution in [0.15, 0.2) is 11.4 Å². The zero-order valence-electron chi connectivity index (χ0n) is 7.83. The van der Waals surface area contributed by atoms with Gasteiger partial charge < -0.3 is 15.3 Å². The summed E-state index contributed by atoms with van der Waals surface area (Å²) in [7, 11) is 0. The minimum atomic E-state index is -1.15. The van der Waals surface area contributed by atoms with Crippen molar-refractivity contribution in [3.8, 4) is 0 Å². The van der Waals surface area contributed by atoms with Gasteiger partial charge in [0.05, 0.1) is 16.5 Å². The lowest BCUT2D eigenvalue weighted by atomic mass is 10.1. The molecule has 0 fully saturated rings.